The number of amidine groups is 1. The first-order valence-electron chi connectivity index (χ1n) is 5.90. The summed E-state index contributed by atoms with van der Waals surface area (Å²) >= 11 is 3.50. The molecule has 5 nitrogen and oxygen atoms in total. The molecule has 2 rings (SSSR count). The fraction of sp³-hybridized carbons (Fsp3) is 0.143. The molecule has 0 aliphatic heterocycles. The SMILES string of the molecule is Cc1cc(Oc2ncccc2/C(N)=N/O)cc(C)c1Br. The van der Waals surface area contributed by atoms with E-state index >= 15 is 0 Å². The maximum atomic E-state index is 8.78. The molecule has 0 unspecified atom stereocenters. The van der Waals surface area contributed by atoms with E-state index in [4.69, 9.17) is 15.7 Å². The Hall–Kier alpha value is -2.08. The zero-order chi connectivity index (χ0) is 14.7. The third kappa shape index (κ3) is 2.91. The van der Waals surface area contributed by atoms with Crippen molar-refractivity contribution in [2.75, 3.05) is 0 Å². The van der Waals surface area contributed by atoms with Crippen LogP contribution in [0, 0.1) is 13.8 Å². The van der Waals surface area contributed by atoms with Crippen LogP contribution in [0.3, 0.4) is 0 Å². The van der Waals surface area contributed by atoms with E-state index in [2.05, 4.69) is 26.1 Å². The van der Waals surface area contributed by atoms with E-state index in [1.54, 1.807) is 18.3 Å². The molecular formula is C14H14BrN3O2. The van der Waals surface area contributed by atoms with Crippen LogP contribution in [0.2, 0.25) is 0 Å². The zero-order valence-electron chi connectivity index (χ0n) is 11.1. The van der Waals surface area contributed by atoms with Crippen LogP contribution in [0.1, 0.15) is 16.7 Å². The first-order valence-corrected chi connectivity index (χ1v) is 6.69. The van der Waals surface area contributed by atoms with Crippen molar-refractivity contribution < 1.29 is 9.94 Å². The quantitative estimate of drug-likeness (QED) is 0.390. The number of aromatic nitrogens is 1. The summed E-state index contributed by atoms with van der Waals surface area (Å²) in [6.45, 7) is 3.96. The molecule has 1 aromatic carbocycles. The average Bonchev–Trinajstić information content (AvgIpc) is 2.44. The molecular weight excluding hydrogens is 322 g/mol. The fourth-order valence-electron chi connectivity index (χ4n) is 1.80. The molecule has 3 N–H and O–H groups in total. The van der Waals surface area contributed by atoms with Crippen LogP contribution in [-0.2, 0) is 0 Å². The summed E-state index contributed by atoms with van der Waals surface area (Å²) in [6.07, 6.45) is 1.59. The Balaban J connectivity index is 2.41. The van der Waals surface area contributed by atoms with Gasteiger partial charge in [0.15, 0.2) is 5.84 Å². The van der Waals surface area contributed by atoms with Gasteiger partial charge in [-0.05, 0) is 49.2 Å². The molecule has 0 radical (unpaired) electrons. The molecule has 0 amide bonds. The zero-order valence-corrected chi connectivity index (χ0v) is 12.7. The third-order valence-electron chi connectivity index (χ3n) is 2.78. The van der Waals surface area contributed by atoms with E-state index < -0.39 is 0 Å². The summed E-state index contributed by atoms with van der Waals surface area (Å²) in [6, 6.07) is 7.15. The van der Waals surface area contributed by atoms with E-state index in [1.807, 2.05) is 26.0 Å². The number of oxime groups is 1. The topological polar surface area (TPSA) is 80.7 Å². The van der Waals surface area contributed by atoms with Crippen molar-refractivity contribution in [2.45, 2.75) is 13.8 Å². The van der Waals surface area contributed by atoms with Crippen molar-refractivity contribution in [3.8, 4) is 11.6 Å². The van der Waals surface area contributed by atoms with Crippen LogP contribution in [0.15, 0.2) is 40.1 Å². The maximum Gasteiger partial charge on any atom is 0.230 e. The van der Waals surface area contributed by atoms with Crippen molar-refractivity contribution in [3.05, 3.63) is 51.6 Å². The minimum Gasteiger partial charge on any atom is -0.438 e. The molecule has 20 heavy (non-hydrogen) atoms. The predicted octanol–water partition coefficient (Wildman–Crippen LogP) is 3.35. The van der Waals surface area contributed by atoms with Crippen molar-refractivity contribution in [2.24, 2.45) is 10.9 Å². The van der Waals surface area contributed by atoms with Crippen LogP contribution < -0.4 is 10.5 Å². The van der Waals surface area contributed by atoms with Gasteiger partial charge in [-0.2, -0.15) is 0 Å². The van der Waals surface area contributed by atoms with Gasteiger partial charge in [0, 0.05) is 10.7 Å². The molecule has 0 bridgehead atoms. The van der Waals surface area contributed by atoms with Gasteiger partial charge >= 0.3 is 0 Å². The highest BCUT2D eigenvalue weighted by Gasteiger charge is 2.11. The van der Waals surface area contributed by atoms with Gasteiger partial charge in [0.05, 0.1) is 5.56 Å². The summed E-state index contributed by atoms with van der Waals surface area (Å²) in [7, 11) is 0. The maximum absolute atomic E-state index is 8.78. The van der Waals surface area contributed by atoms with Gasteiger partial charge in [-0.1, -0.05) is 21.1 Å². The largest absolute Gasteiger partial charge is 0.438 e. The van der Waals surface area contributed by atoms with Gasteiger partial charge < -0.3 is 15.7 Å². The number of hydrogen-bond acceptors (Lipinski definition) is 4. The first-order chi connectivity index (χ1) is 9.52. The second kappa shape index (κ2) is 5.92. The standard InChI is InChI=1S/C14H14BrN3O2/c1-8-6-10(7-9(2)12(8)15)20-14-11(13(16)18-19)4-3-5-17-14/h3-7,19H,1-2H3,(H2,16,18). The van der Waals surface area contributed by atoms with Crippen LogP contribution in [0.25, 0.3) is 0 Å². The van der Waals surface area contributed by atoms with Crippen LogP contribution in [-0.4, -0.2) is 16.0 Å². The lowest BCUT2D eigenvalue weighted by molar-refractivity contribution is 0.318. The van der Waals surface area contributed by atoms with Gasteiger partial charge in [0.2, 0.25) is 5.88 Å². The highest BCUT2D eigenvalue weighted by molar-refractivity contribution is 9.10. The Bertz CT molecular complexity index is 648. The Morgan fingerprint density at radius 1 is 1.35 bits per heavy atom. The first kappa shape index (κ1) is 14.3. The number of nitrogens with zero attached hydrogens (tertiary/aromatic N) is 2. The molecule has 104 valence electrons. The molecule has 0 saturated carbocycles. The summed E-state index contributed by atoms with van der Waals surface area (Å²) < 4.78 is 6.79. The lowest BCUT2D eigenvalue weighted by atomic mass is 10.1. The number of ether oxygens (including phenoxy) is 1. The smallest absolute Gasteiger partial charge is 0.230 e. The second-order valence-electron chi connectivity index (χ2n) is 4.31. The second-order valence-corrected chi connectivity index (χ2v) is 5.11. The summed E-state index contributed by atoms with van der Waals surface area (Å²) in [5.41, 5.74) is 8.16. The molecule has 0 aliphatic rings. The molecule has 1 aromatic heterocycles. The Labute approximate surface area is 125 Å². The van der Waals surface area contributed by atoms with E-state index in [9.17, 15) is 0 Å². The van der Waals surface area contributed by atoms with E-state index in [1.165, 1.54) is 0 Å². The number of halogens is 1. The van der Waals surface area contributed by atoms with E-state index in [-0.39, 0.29) is 5.84 Å². The number of nitrogens with two attached hydrogens (primary N) is 1. The minimum absolute atomic E-state index is 0.0429. The Kier molecular flexibility index (Phi) is 4.24. The number of hydrogen-bond donors (Lipinski definition) is 2. The number of aryl methyl sites for hydroxylation is 2. The van der Waals surface area contributed by atoms with Crippen LogP contribution >= 0.6 is 15.9 Å². The van der Waals surface area contributed by atoms with Gasteiger partial charge in [-0.3, -0.25) is 0 Å². The molecule has 2 aromatic rings. The van der Waals surface area contributed by atoms with E-state index in [0.717, 1.165) is 15.6 Å². The van der Waals surface area contributed by atoms with E-state index in [0.29, 0.717) is 17.2 Å². The lowest BCUT2D eigenvalue weighted by Crippen LogP contribution is -2.14. The average molecular weight is 336 g/mol. The highest BCUT2D eigenvalue weighted by atomic mass is 79.9. The van der Waals surface area contributed by atoms with Crippen LogP contribution in [0.4, 0.5) is 0 Å². The van der Waals surface area contributed by atoms with Crippen molar-refractivity contribution in [1.29, 1.82) is 0 Å². The number of pyridine rings is 1. The van der Waals surface area contributed by atoms with Gasteiger partial charge in [-0.15, -0.1) is 0 Å². The van der Waals surface area contributed by atoms with Crippen molar-refractivity contribution in [3.63, 3.8) is 0 Å². The summed E-state index contributed by atoms with van der Waals surface area (Å²) in [5, 5.41) is 11.8. The number of benzene rings is 1. The van der Waals surface area contributed by atoms with Gasteiger partial charge in [0.1, 0.15) is 5.75 Å². The van der Waals surface area contributed by atoms with Crippen LogP contribution in [0.5, 0.6) is 11.6 Å². The molecule has 0 saturated heterocycles. The summed E-state index contributed by atoms with van der Waals surface area (Å²) in [5.74, 6) is 0.900. The number of rotatable bonds is 3. The molecule has 0 fully saturated rings. The lowest BCUT2D eigenvalue weighted by Gasteiger charge is -2.11. The Morgan fingerprint density at radius 3 is 2.60 bits per heavy atom. The molecule has 0 aliphatic carbocycles. The normalized spacial score (nSPS) is 11.4. The van der Waals surface area contributed by atoms with Crippen molar-refractivity contribution >= 4 is 21.8 Å². The Morgan fingerprint density at radius 2 is 2.00 bits per heavy atom. The fourth-order valence-corrected chi connectivity index (χ4v) is 2.03. The monoisotopic (exact) mass is 335 g/mol. The van der Waals surface area contributed by atoms with Crippen molar-refractivity contribution in [1.82, 2.24) is 4.98 Å². The van der Waals surface area contributed by atoms with Gasteiger partial charge in [0.25, 0.3) is 0 Å². The molecule has 0 atom stereocenters. The van der Waals surface area contributed by atoms with Gasteiger partial charge in [-0.25, -0.2) is 4.98 Å². The highest BCUT2D eigenvalue weighted by Crippen LogP contribution is 2.29. The minimum atomic E-state index is -0.0429. The molecule has 6 heteroatoms. The predicted molar refractivity (Wildman–Crippen MR) is 80.4 cm³/mol. The summed E-state index contributed by atoms with van der Waals surface area (Å²) in [4.78, 5) is 4.12. The third-order valence-corrected chi connectivity index (χ3v) is 4.03. The molecule has 1 heterocycles. The molecule has 0 spiro atoms.